The summed E-state index contributed by atoms with van der Waals surface area (Å²) >= 11 is 0. The van der Waals surface area contributed by atoms with E-state index < -0.39 is 6.04 Å². The van der Waals surface area contributed by atoms with Crippen LogP contribution in [0.2, 0.25) is 0 Å². The maximum absolute atomic E-state index is 12.2. The summed E-state index contributed by atoms with van der Waals surface area (Å²) < 4.78 is 0. The molecule has 0 saturated heterocycles. The van der Waals surface area contributed by atoms with Crippen molar-refractivity contribution in [2.24, 2.45) is 0 Å². The second-order valence-electron chi connectivity index (χ2n) is 5.56. The largest absolute Gasteiger partial charge is 0.345 e. The SMILES string of the molecule is CC(=O)NC(C)C(=O)Nc1ccccc1-c1nc2ccccc2[nH]1. The van der Waals surface area contributed by atoms with Crippen LogP contribution in [0.1, 0.15) is 13.8 Å². The third kappa shape index (κ3) is 3.27. The van der Waals surface area contributed by atoms with E-state index in [1.165, 1.54) is 6.92 Å². The van der Waals surface area contributed by atoms with E-state index in [4.69, 9.17) is 0 Å². The minimum atomic E-state index is -0.619. The number of para-hydroxylation sites is 3. The second-order valence-corrected chi connectivity index (χ2v) is 5.56. The van der Waals surface area contributed by atoms with Crippen LogP contribution in [0.25, 0.3) is 22.4 Å². The lowest BCUT2D eigenvalue weighted by molar-refractivity contribution is -0.124. The average Bonchev–Trinajstić information content (AvgIpc) is 2.98. The Balaban J connectivity index is 1.90. The van der Waals surface area contributed by atoms with Gasteiger partial charge in [0, 0.05) is 12.5 Å². The Hall–Kier alpha value is -3.15. The first kappa shape index (κ1) is 15.7. The van der Waals surface area contributed by atoms with Crippen molar-refractivity contribution in [1.82, 2.24) is 15.3 Å². The van der Waals surface area contributed by atoms with E-state index in [1.54, 1.807) is 13.0 Å². The van der Waals surface area contributed by atoms with Crippen molar-refractivity contribution in [3.05, 3.63) is 48.5 Å². The van der Waals surface area contributed by atoms with Gasteiger partial charge in [-0.05, 0) is 31.2 Å². The molecule has 2 aromatic carbocycles. The summed E-state index contributed by atoms with van der Waals surface area (Å²) in [6, 6.07) is 14.5. The molecule has 3 aromatic rings. The van der Waals surface area contributed by atoms with Crippen LogP contribution in [-0.2, 0) is 9.59 Å². The molecule has 0 bridgehead atoms. The van der Waals surface area contributed by atoms with Gasteiger partial charge in [0.2, 0.25) is 11.8 Å². The Kier molecular flexibility index (Phi) is 4.29. The number of amides is 2. The molecule has 0 radical (unpaired) electrons. The molecule has 122 valence electrons. The van der Waals surface area contributed by atoms with Crippen LogP contribution in [0.5, 0.6) is 0 Å². The third-order valence-electron chi connectivity index (χ3n) is 3.64. The second kappa shape index (κ2) is 6.54. The van der Waals surface area contributed by atoms with E-state index in [1.807, 2.05) is 42.5 Å². The number of imidazole rings is 1. The summed E-state index contributed by atoms with van der Waals surface area (Å²) in [6.07, 6.45) is 0. The standard InChI is InChI=1S/C18H18N4O2/c1-11(19-12(2)23)18(24)22-14-8-4-3-7-13(14)17-20-15-9-5-6-10-16(15)21-17/h3-11H,1-2H3,(H,19,23)(H,20,21)(H,22,24). The van der Waals surface area contributed by atoms with Crippen molar-refractivity contribution in [3.63, 3.8) is 0 Å². The number of carbonyl (C=O) groups excluding carboxylic acids is 2. The van der Waals surface area contributed by atoms with E-state index in [9.17, 15) is 9.59 Å². The summed E-state index contributed by atoms with van der Waals surface area (Å²) in [5.74, 6) is 0.149. The van der Waals surface area contributed by atoms with Crippen LogP contribution in [0.3, 0.4) is 0 Å². The Morgan fingerprint density at radius 2 is 1.79 bits per heavy atom. The van der Waals surface area contributed by atoms with E-state index in [2.05, 4.69) is 20.6 Å². The van der Waals surface area contributed by atoms with Crippen molar-refractivity contribution < 1.29 is 9.59 Å². The van der Waals surface area contributed by atoms with Crippen LogP contribution in [0.4, 0.5) is 5.69 Å². The number of hydrogen-bond donors (Lipinski definition) is 3. The molecule has 6 nitrogen and oxygen atoms in total. The fraction of sp³-hybridized carbons (Fsp3) is 0.167. The highest BCUT2D eigenvalue weighted by Gasteiger charge is 2.16. The molecule has 6 heteroatoms. The van der Waals surface area contributed by atoms with Gasteiger partial charge in [-0.3, -0.25) is 9.59 Å². The summed E-state index contributed by atoms with van der Waals surface area (Å²) in [5, 5.41) is 5.41. The first-order chi connectivity index (χ1) is 11.5. The van der Waals surface area contributed by atoms with Gasteiger partial charge in [-0.15, -0.1) is 0 Å². The van der Waals surface area contributed by atoms with E-state index in [0.717, 1.165) is 16.6 Å². The zero-order chi connectivity index (χ0) is 17.1. The molecule has 3 N–H and O–H groups in total. The number of nitrogens with zero attached hydrogens (tertiary/aromatic N) is 1. The van der Waals surface area contributed by atoms with Gasteiger partial charge < -0.3 is 15.6 Å². The number of H-pyrrole nitrogens is 1. The van der Waals surface area contributed by atoms with Crippen molar-refractivity contribution in [2.75, 3.05) is 5.32 Å². The molecule has 1 atom stereocenters. The normalized spacial score (nSPS) is 11.9. The highest BCUT2D eigenvalue weighted by Crippen LogP contribution is 2.27. The molecule has 3 rings (SSSR count). The lowest BCUT2D eigenvalue weighted by Gasteiger charge is -2.14. The van der Waals surface area contributed by atoms with Crippen LogP contribution >= 0.6 is 0 Å². The molecule has 0 aliphatic rings. The number of anilines is 1. The number of carbonyl (C=O) groups is 2. The smallest absolute Gasteiger partial charge is 0.246 e. The fourth-order valence-electron chi connectivity index (χ4n) is 2.49. The van der Waals surface area contributed by atoms with Gasteiger partial charge in [-0.2, -0.15) is 0 Å². The maximum Gasteiger partial charge on any atom is 0.246 e. The first-order valence-corrected chi connectivity index (χ1v) is 7.66. The van der Waals surface area contributed by atoms with Crippen LogP contribution in [0, 0.1) is 0 Å². The molecule has 0 aliphatic carbocycles. The quantitative estimate of drug-likeness (QED) is 0.690. The summed E-state index contributed by atoms with van der Waals surface area (Å²) in [5.41, 5.74) is 3.22. The van der Waals surface area contributed by atoms with E-state index >= 15 is 0 Å². The molecule has 24 heavy (non-hydrogen) atoms. The summed E-state index contributed by atoms with van der Waals surface area (Å²) in [6.45, 7) is 3.02. The van der Waals surface area contributed by atoms with Crippen molar-refractivity contribution >= 4 is 28.5 Å². The highest BCUT2D eigenvalue weighted by atomic mass is 16.2. The molecular weight excluding hydrogens is 304 g/mol. The van der Waals surface area contributed by atoms with Crippen LogP contribution in [-0.4, -0.2) is 27.8 Å². The minimum Gasteiger partial charge on any atom is -0.345 e. The average molecular weight is 322 g/mol. The zero-order valence-corrected chi connectivity index (χ0v) is 13.5. The molecule has 1 aromatic heterocycles. The van der Waals surface area contributed by atoms with Gasteiger partial charge in [0.15, 0.2) is 0 Å². The fourth-order valence-corrected chi connectivity index (χ4v) is 2.49. The van der Waals surface area contributed by atoms with Gasteiger partial charge in [0.1, 0.15) is 11.9 Å². The predicted molar refractivity (Wildman–Crippen MR) is 93.4 cm³/mol. The first-order valence-electron chi connectivity index (χ1n) is 7.66. The Morgan fingerprint density at radius 1 is 1.08 bits per heavy atom. The van der Waals surface area contributed by atoms with Gasteiger partial charge in [0.25, 0.3) is 0 Å². The molecular formula is C18H18N4O2. The van der Waals surface area contributed by atoms with E-state index in [-0.39, 0.29) is 11.8 Å². The highest BCUT2D eigenvalue weighted by molar-refractivity contribution is 5.99. The number of aromatic amines is 1. The third-order valence-corrected chi connectivity index (χ3v) is 3.64. The molecule has 1 unspecified atom stereocenters. The number of benzene rings is 2. The lowest BCUT2D eigenvalue weighted by Crippen LogP contribution is -2.40. The lowest BCUT2D eigenvalue weighted by atomic mass is 10.1. The monoisotopic (exact) mass is 322 g/mol. The van der Waals surface area contributed by atoms with Gasteiger partial charge >= 0.3 is 0 Å². The van der Waals surface area contributed by atoms with Crippen molar-refractivity contribution in [2.45, 2.75) is 19.9 Å². The number of nitrogens with one attached hydrogen (secondary N) is 3. The molecule has 0 saturated carbocycles. The molecule has 2 amide bonds. The van der Waals surface area contributed by atoms with E-state index in [0.29, 0.717) is 11.5 Å². The number of aromatic nitrogens is 2. The number of fused-ring (bicyclic) bond motifs is 1. The molecule has 0 fully saturated rings. The van der Waals surface area contributed by atoms with Gasteiger partial charge in [-0.1, -0.05) is 24.3 Å². The molecule has 1 heterocycles. The maximum atomic E-state index is 12.2. The summed E-state index contributed by atoms with van der Waals surface area (Å²) in [4.78, 5) is 31.2. The molecule has 0 aliphatic heterocycles. The number of rotatable bonds is 4. The van der Waals surface area contributed by atoms with Crippen molar-refractivity contribution in [1.29, 1.82) is 0 Å². The van der Waals surface area contributed by atoms with Crippen LogP contribution < -0.4 is 10.6 Å². The van der Waals surface area contributed by atoms with Gasteiger partial charge in [0.05, 0.1) is 16.7 Å². The Labute approximate surface area is 139 Å². The van der Waals surface area contributed by atoms with Crippen LogP contribution in [0.15, 0.2) is 48.5 Å². The molecule has 0 spiro atoms. The summed E-state index contributed by atoms with van der Waals surface area (Å²) in [7, 11) is 0. The Bertz CT molecular complexity index is 868. The number of hydrogen-bond acceptors (Lipinski definition) is 3. The van der Waals surface area contributed by atoms with Gasteiger partial charge in [-0.25, -0.2) is 4.98 Å². The zero-order valence-electron chi connectivity index (χ0n) is 13.5. The minimum absolute atomic E-state index is 0.247. The Morgan fingerprint density at radius 3 is 2.54 bits per heavy atom. The topological polar surface area (TPSA) is 86.9 Å². The van der Waals surface area contributed by atoms with Crippen molar-refractivity contribution in [3.8, 4) is 11.4 Å². The predicted octanol–water partition coefficient (Wildman–Crippen LogP) is 2.69.